The average molecular weight is 222 g/mol. The van der Waals surface area contributed by atoms with Crippen molar-refractivity contribution in [2.24, 2.45) is 0 Å². The predicted molar refractivity (Wildman–Crippen MR) is 63.4 cm³/mol. The molecule has 0 heterocycles. The third kappa shape index (κ3) is 2.37. The molecule has 0 bridgehead atoms. The van der Waals surface area contributed by atoms with Crippen molar-refractivity contribution in [3.05, 3.63) is 29.1 Å². The van der Waals surface area contributed by atoms with Crippen molar-refractivity contribution >= 4 is 0 Å². The second-order valence-corrected chi connectivity index (χ2v) is 4.59. The molecular formula is C14H19FO. The lowest BCUT2D eigenvalue weighted by Crippen LogP contribution is -2.12. The number of rotatable bonds is 3. The summed E-state index contributed by atoms with van der Waals surface area (Å²) >= 11 is 0. The number of ether oxygens (including phenoxy) is 1. The van der Waals surface area contributed by atoms with E-state index in [0.29, 0.717) is 11.7 Å². The van der Waals surface area contributed by atoms with Crippen LogP contribution in [0.1, 0.15) is 43.7 Å². The molecule has 2 rings (SSSR count). The molecule has 0 amide bonds. The van der Waals surface area contributed by atoms with Crippen molar-refractivity contribution in [2.75, 3.05) is 0 Å². The van der Waals surface area contributed by atoms with E-state index in [9.17, 15) is 4.39 Å². The Labute approximate surface area is 96.6 Å². The van der Waals surface area contributed by atoms with E-state index in [1.54, 1.807) is 13.0 Å². The summed E-state index contributed by atoms with van der Waals surface area (Å²) in [5.41, 5.74) is 1.65. The second kappa shape index (κ2) is 4.86. The lowest BCUT2D eigenvalue weighted by molar-refractivity contribution is 0.207. The summed E-state index contributed by atoms with van der Waals surface area (Å²) < 4.78 is 19.4. The van der Waals surface area contributed by atoms with Crippen molar-refractivity contribution in [2.45, 2.75) is 52.1 Å². The molecule has 0 radical (unpaired) electrons. The molecule has 0 spiro atoms. The van der Waals surface area contributed by atoms with Gasteiger partial charge < -0.3 is 4.74 Å². The van der Waals surface area contributed by atoms with Crippen LogP contribution in [0.3, 0.4) is 0 Å². The fourth-order valence-electron chi connectivity index (χ4n) is 2.27. The lowest BCUT2D eigenvalue weighted by atomic mass is 10.1. The summed E-state index contributed by atoms with van der Waals surface area (Å²) in [6, 6.07) is 3.45. The van der Waals surface area contributed by atoms with E-state index in [4.69, 9.17) is 4.74 Å². The van der Waals surface area contributed by atoms with Gasteiger partial charge in [-0.1, -0.05) is 6.92 Å². The Bertz CT molecular complexity index is 367. The van der Waals surface area contributed by atoms with Gasteiger partial charge in [-0.2, -0.15) is 0 Å². The predicted octanol–water partition coefficient (Wildman–Crippen LogP) is 4.02. The second-order valence-electron chi connectivity index (χ2n) is 4.59. The number of aryl methyl sites for hydroxylation is 2. The van der Waals surface area contributed by atoms with Gasteiger partial charge in [0.2, 0.25) is 0 Å². The Balaban J connectivity index is 2.20. The Morgan fingerprint density at radius 3 is 2.62 bits per heavy atom. The lowest BCUT2D eigenvalue weighted by Gasteiger charge is -2.17. The fraction of sp³-hybridized carbons (Fsp3) is 0.571. The highest BCUT2D eigenvalue weighted by Crippen LogP contribution is 2.28. The van der Waals surface area contributed by atoms with E-state index < -0.39 is 0 Å². The summed E-state index contributed by atoms with van der Waals surface area (Å²) in [5.74, 6) is 0.754. The third-order valence-electron chi connectivity index (χ3n) is 3.32. The summed E-state index contributed by atoms with van der Waals surface area (Å²) in [5, 5.41) is 0. The van der Waals surface area contributed by atoms with Gasteiger partial charge in [-0.05, 0) is 62.3 Å². The normalized spacial score (nSPS) is 16.7. The molecule has 1 aromatic carbocycles. The smallest absolute Gasteiger partial charge is 0.126 e. The van der Waals surface area contributed by atoms with Gasteiger partial charge in [-0.15, -0.1) is 0 Å². The van der Waals surface area contributed by atoms with Crippen LogP contribution in [0.4, 0.5) is 4.39 Å². The summed E-state index contributed by atoms with van der Waals surface area (Å²) in [6.45, 7) is 3.82. The van der Waals surface area contributed by atoms with E-state index in [0.717, 1.165) is 30.6 Å². The molecule has 88 valence electrons. The molecule has 0 saturated heterocycles. The summed E-state index contributed by atoms with van der Waals surface area (Å²) in [4.78, 5) is 0. The van der Waals surface area contributed by atoms with Gasteiger partial charge in [0, 0.05) is 0 Å². The van der Waals surface area contributed by atoms with Crippen LogP contribution in [0.5, 0.6) is 5.75 Å². The summed E-state index contributed by atoms with van der Waals surface area (Å²) in [6.07, 6.45) is 5.95. The molecule has 1 aliphatic rings. The molecule has 1 fully saturated rings. The van der Waals surface area contributed by atoms with Gasteiger partial charge in [-0.25, -0.2) is 4.39 Å². The van der Waals surface area contributed by atoms with E-state index >= 15 is 0 Å². The monoisotopic (exact) mass is 222 g/mol. The zero-order valence-corrected chi connectivity index (χ0v) is 10.1. The molecule has 1 saturated carbocycles. The first-order chi connectivity index (χ1) is 7.70. The zero-order valence-electron chi connectivity index (χ0n) is 10.1. The Hall–Kier alpha value is -1.05. The molecule has 1 aliphatic carbocycles. The van der Waals surface area contributed by atoms with Gasteiger partial charge >= 0.3 is 0 Å². The van der Waals surface area contributed by atoms with Crippen LogP contribution in [0.15, 0.2) is 12.1 Å². The molecule has 0 aliphatic heterocycles. The van der Waals surface area contributed by atoms with Crippen LogP contribution in [0, 0.1) is 12.7 Å². The Morgan fingerprint density at radius 1 is 1.31 bits per heavy atom. The maximum atomic E-state index is 13.4. The first kappa shape index (κ1) is 11.4. The Morgan fingerprint density at radius 2 is 2.00 bits per heavy atom. The van der Waals surface area contributed by atoms with E-state index in [1.807, 2.05) is 13.0 Å². The van der Waals surface area contributed by atoms with Gasteiger partial charge in [0.25, 0.3) is 0 Å². The van der Waals surface area contributed by atoms with Crippen molar-refractivity contribution < 1.29 is 9.13 Å². The number of hydrogen-bond donors (Lipinski definition) is 0. The topological polar surface area (TPSA) is 9.23 Å². The molecule has 0 N–H and O–H groups in total. The fourth-order valence-corrected chi connectivity index (χ4v) is 2.27. The van der Waals surface area contributed by atoms with E-state index in [1.165, 1.54) is 12.8 Å². The van der Waals surface area contributed by atoms with Crippen LogP contribution >= 0.6 is 0 Å². The average Bonchev–Trinajstić information content (AvgIpc) is 2.76. The minimum atomic E-state index is -0.129. The molecule has 0 unspecified atom stereocenters. The van der Waals surface area contributed by atoms with Crippen molar-refractivity contribution in [1.82, 2.24) is 0 Å². The zero-order chi connectivity index (χ0) is 11.5. The maximum Gasteiger partial charge on any atom is 0.126 e. The minimum absolute atomic E-state index is 0.129. The minimum Gasteiger partial charge on any atom is -0.490 e. The molecule has 2 heteroatoms. The third-order valence-corrected chi connectivity index (χ3v) is 3.32. The van der Waals surface area contributed by atoms with Crippen LogP contribution in [0.25, 0.3) is 0 Å². The molecule has 1 aromatic rings. The van der Waals surface area contributed by atoms with Crippen LogP contribution < -0.4 is 4.74 Å². The van der Waals surface area contributed by atoms with Crippen molar-refractivity contribution in [1.29, 1.82) is 0 Å². The van der Waals surface area contributed by atoms with Crippen LogP contribution in [-0.2, 0) is 6.42 Å². The highest BCUT2D eigenvalue weighted by atomic mass is 19.1. The van der Waals surface area contributed by atoms with Gasteiger partial charge in [-0.3, -0.25) is 0 Å². The highest BCUT2D eigenvalue weighted by molar-refractivity contribution is 5.38. The SMILES string of the molecule is CCc1cc(F)c(C)cc1OC1CCCC1. The molecule has 1 nitrogen and oxygen atoms in total. The van der Waals surface area contributed by atoms with Crippen molar-refractivity contribution in [3.8, 4) is 5.75 Å². The van der Waals surface area contributed by atoms with E-state index in [-0.39, 0.29) is 5.82 Å². The van der Waals surface area contributed by atoms with Gasteiger partial charge in [0.05, 0.1) is 6.10 Å². The molecule has 0 atom stereocenters. The Kier molecular flexibility index (Phi) is 3.47. The van der Waals surface area contributed by atoms with E-state index in [2.05, 4.69) is 0 Å². The molecular weight excluding hydrogens is 203 g/mol. The first-order valence-electron chi connectivity index (χ1n) is 6.16. The number of hydrogen-bond acceptors (Lipinski definition) is 1. The largest absolute Gasteiger partial charge is 0.490 e. The molecule has 16 heavy (non-hydrogen) atoms. The maximum absolute atomic E-state index is 13.4. The van der Waals surface area contributed by atoms with Crippen LogP contribution in [0.2, 0.25) is 0 Å². The van der Waals surface area contributed by atoms with Gasteiger partial charge in [0.1, 0.15) is 11.6 Å². The van der Waals surface area contributed by atoms with Crippen LogP contribution in [-0.4, -0.2) is 6.10 Å². The highest BCUT2D eigenvalue weighted by Gasteiger charge is 2.18. The van der Waals surface area contributed by atoms with Crippen molar-refractivity contribution in [3.63, 3.8) is 0 Å². The number of halogens is 1. The standard InChI is InChI=1S/C14H19FO/c1-3-11-9-13(15)10(2)8-14(11)16-12-6-4-5-7-12/h8-9,12H,3-7H2,1-2H3. The quantitative estimate of drug-likeness (QED) is 0.750. The summed E-state index contributed by atoms with van der Waals surface area (Å²) in [7, 11) is 0. The number of benzene rings is 1. The van der Waals surface area contributed by atoms with Gasteiger partial charge in [0.15, 0.2) is 0 Å². The first-order valence-corrected chi connectivity index (χ1v) is 6.16. The molecule has 0 aromatic heterocycles.